The fourth-order valence-electron chi connectivity index (χ4n) is 1.33. The molecule has 0 radical (unpaired) electrons. The first-order valence-electron chi connectivity index (χ1n) is 4.76. The summed E-state index contributed by atoms with van der Waals surface area (Å²) in [5.41, 5.74) is -0.380. The third-order valence-electron chi connectivity index (χ3n) is 2.20. The summed E-state index contributed by atoms with van der Waals surface area (Å²) in [6.07, 6.45) is -2.68. The van der Waals surface area contributed by atoms with Gasteiger partial charge in [0.2, 0.25) is 0 Å². The number of aromatic hydroxyl groups is 1. The predicted molar refractivity (Wildman–Crippen MR) is 53.8 cm³/mol. The van der Waals surface area contributed by atoms with E-state index in [0.29, 0.717) is 0 Å². The van der Waals surface area contributed by atoms with Crippen LogP contribution in [0.1, 0.15) is 34.8 Å². The Kier molecular flexibility index (Phi) is 3.82. The fraction of sp³-hybridized carbons (Fsp3) is 0.364. The van der Waals surface area contributed by atoms with Gasteiger partial charge in [-0.15, -0.1) is 0 Å². The van der Waals surface area contributed by atoms with Gasteiger partial charge in [0.05, 0.1) is 6.61 Å². The van der Waals surface area contributed by atoms with Gasteiger partial charge in [0.15, 0.2) is 0 Å². The normalized spacial score (nSPS) is 10.6. The van der Waals surface area contributed by atoms with E-state index in [-0.39, 0.29) is 23.3 Å². The Hall–Kier alpha value is -1.65. The molecule has 0 unspecified atom stereocenters. The molecule has 16 heavy (non-hydrogen) atoms. The maximum Gasteiger partial charge on any atom is 0.341 e. The van der Waals surface area contributed by atoms with Crippen LogP contribution in [0.2, 0.25) is 0 Å². The fourth-order valence-corrected chi connectivity index (χ4v) is 1.33. The summed E-state index contributed by atoms with van der Waals surface area (Å²) in [6, 6.07) is 2.26. The Morgan fingerprint density at radius 1 is 1.50 bits per heavy atom. The van der Waals surface area contributed by atoms with Crippen molar-refractivity contribution in [2.24, 2.45) is 0 Å². The molecule has 0 heterocycles. The van der Waals surface area contributed by atoms with Crippen molar-refractivity contribution in [3.63, 3.8) is 0 Å². The number of hydrogen-bond acceptors (Lipinski definition) is 3. The van der Waals surface area contributed by atoms with Crippen molar-refractivity contribution in [1.29, 1.82) is 0 Å². The molecule has 1 aromatic carbocycles. The minimum Gasteiger partial charge on any atom is -0.507 e. The van der Waals surface area contributed by atoms with Crippen LogP contribution < -0.4 is 0 Å². The van der Waals surface area contributed by atoms with Crippen LogP contribution in [-0.2, 0) is 4.74 Å². The average Bonchev–Trinajstić information content (AvgIpc) is 2.21. The molecule has 1 rings (SSSR count). The summed E-state index contributed by atoms with van der Waals surface area (Å²) in [5.74, 6) is -1.17. The van der Waals surface area contributed by atoms with Crippen LogP contribution in [0.5, 0.6) is 5.75 Å². The molecule has 0 spiro atoms. The van der Waals surface area contributed by atoms with Gasteiger partial charge in [0.1, 0.15) is 11.3 Å². The van der Waals surface area contributed by atoms with Crippen LogP contribution in [0.25, 0.3) is 0 Å². The predicted octanol–water partition coefficient (Wildman–Crippen LogP) is 2.81. The Labute approximate surface area is 91.7 Å². The summed E-state index contributed by atoms with van der Waals surface area (Å²) in [6.45, 7) is 3.11. The van der Waals surface area contributed by atoms with E-state index < -0.39 is 18.1 Å². The maximum atomic E-state index is 12.5. The molecule has 0 aromatic heterocycles. The lowest BCUT2D eigenvalue weighted by Gasteiger charge is -2.10. The molecule has 0 aliphatic heterocycles. The molecule has 0 aliphatic rings. The van der Waals surface area contributed by atoms with Crippen LogP contribution in [0.15, 0.2) is 12.1 Å². The summed E-state index contributed by atoms with van der Waals surface area (Å²) in [4.78, 5) is 11.3. The highest BCUT2D eigenvalue weighted by Crippen LogP contribution is 2.31. The number of ether oxygens (including phenoxy) is 1. The van der Waals surface area contributed by atoms with E-state index in [1.54, 1.807) is 6.92 Å². The van der Waals surface area contributed by atoms with E-state index >= 15 is 0 Å². The molecule has 5 heteroatoms. The first-order valence-corrected chi connectivity index (χ1v) is 4.76. The third kappa shape index (κ3) is 2.29. The topological polar surface area (TPSA) is 46.5 Å². The van der Waals surface area contributed by atoms with Crippen molar-refractivity contribution < 1.29 is 23.4 Å². The zero-order valence-electron chi connectivity index (χ0n) is 8.96. The molecular formula is C11H12F2O3. The van der Waals surface area contributed by atoms with Crippen LogP contribution in [-0.4, -0.2) is 17.7 Å². The highest BCUT2D eigenvalue weighted by Gasteiger charge is 2.19. The van der Waals surface area contributed by atoms with E-state index in [1.165, 1.54) is 6.92 Å². The number of hydrogen-bond donors (Lipinski definition) is 1. The zero-order valence-corrected chi connectivity index (χ0v) is 8.96. The second-order valence-electron chi connectivity index (χ2n) is 3.20. The number of carbonyl (C=O) groups is 1. The molecule has 0 saturated carbocycles. The second kappa shape index (κ2) is 4.92. The van der Waals surface area contributed by atoms with Gasteiger partial charge < -0.3 is 9.84 Å². The Balaban J connectivity index is 3.16. The molecule has 0 saturated heterocycles. The molecule has 88 valence electrons. The van der Waals surface area contributed by atoms with Crippen molar-refractivity contribution >= 4 is 5.97 Å². The monoisotopic (exact) mass is 230 g/mol. The lowest BCUT2D eigenvalue weighted by molar-refractivity contribution is 0.0522. The molecule has 1 aromatic rings. The van der Waals surface area contributed by atoms with E-state index in [0.717, 1.165) is 12.1 Å². The van der Waals surface area contributed by atoms with Crippen LogP contribution in [0, 0.1) is 6.92 Å². The molecule has 1 N–H and O–H groups in total. The number of halogens is 2. The lowest BCUT2D eigenvalue weighted by atomic mass is 10.0. The molecular weight excluding hydrogens is 218 g/mol. The first-order chi connectivity index (χ1) is 7.49. The van der Waals surface area contributed by atoms with E-state index in [1.807, 2.05) is 0 Å². The highest BCUT2D eigenvalue weighted by molar-refractivity contribution is 5.93. The molecule has 0 atom stereocenters. The number of carbonyl (C=O) groups excluding carboxylic acids is 1. The largest absolute Gasteiger partial charge is 0.507 e. The summed E-state index contributed by atoms with van der Waals surface area (Å²) in [5, 5.41) is 9.59. The number of alkyl halides is 2. The smallest absolute Gasteiger partial charge is 0.341 e. The van der Waals surface area contributed by atoms with Gasteiger partial charge in [0.25, 0.3) is 6.43 Å². The molecule has 0 fully saturated rings. The van der Waals surface area contributed by atoms with Crippen LogP contribution in [0.3, 0.4) is 0 Å². The summed E-state index contributed by atoms with van der Waals surface area (Å²) in [7, 11) is 0. The number of rotatable bonds is 3. The standard InChI is InChI=1S/C11H12F2O3/c1-3-16-11(15)8-5-4-7(10(12)13)6(2)9(8)14/h4-5,10,14H,3H2,1-2H3. The van der Waals surface area contributed by atoms with Gasteiger partial charge in [0, 0.05) is 11.1 Å². The Morgan fingerprint density at radius 2 is 2.12 bits per heavy atom. The quantitative estimate of drug-likeness (QED) is 0.812. The minimum absolute atomic E-state index is 0.000512. The highest BCUT2D eigenvalue weighted by atomic mass is 19.3. The minimum atomic E-state index is -2.68. The molecule has 0 bridgehead atoms. The van der Waals surface area contributed by atoms with Crippen LogP contribution >= 0.6 is 0 Å². The van der Waals surface area contributed by atoms with E-state index in [2.05, 4.69) is 4.74 Å². The van der Waals surface area contributed by atoms with Gasteiger partial charge in [-0.25, -0.2) is 13.6 Å². The molecule has 0 aliphatic carbocycles. The molecule has 0 amide bonds. The van der Waals surface area contributed by atoms with Crippen molar-refractivity contribution in [2.45, 2.75) is 20.3 Å². The number of benzene rings is 1. The van der Waals surface area contributed by atoms with Crippen LogP contribution in [0.4, 0.5) is 8.78 Å². The SMILES string of the molecule is CCOC(=O)c1ccc(C(F)F)c(C)c1O. The van der Waals surface area contributed by atoms with Gasteiger partial charge in [-0.1, -0.05) is 6.07 Å². The number of phenols is 1. The van der Waals surface area contributed by atoms with Crippen molar-refractivity contribution in [1.82, 2.24) is 0 Å². The third-order valence-corrected chi connectivity index (χ3v) is 2.20. The number of phenolic OH excluding ortho intramolecular Hbond substituents is 1. The first kappa shape index (κ1) is 12.4. The van der Waals surface area contributed by atoms with Crippen molar-refractivity contribution in [2.75, 3.05) is 6.61 Å². The summed E-state index contributed by atoms with van der Waals surface area (Å²) >= 11 is 0. The maximum absolute atomic E-state index is 12.5. The molecule has 3 nitrogen and oxygen atoms in total. The zero-order chi connectivity index (χ0) is 12.3. The average molecular weight is 230 g/mol. The van der Waals surface area contributed by atoms with Gasteiger partial charge in [-0.2, -0.15) is 0 Å². The van der Waals surface area contributed by atoms with Gasteiger partial charge in [-0.05, 0) is 19.9 Å². The Morgan fingerprint density at radius 3 is 2.62 bits per heavy atom. The number of esters is 1. The summed E-state index contributed by atoms with van der Waals surface area (Å²) < 4.78 is 29.6. The van der Waals surface area contributed by atoms with Crippen molar-refractivity contribution in [3.05, 3.63) is 28.8 Å². The van der Waals surface area contributed by atoms with Gasteiger partial charge >= 0.3 is 5.97 Å². The van der Waals surface area contributed by atoms with Crippen molar-refractivity contribution in [3.8, 4) is 5.75 Å². The second-order valence-corrected chi connectivity index (χ2v) is 3.20. The van der Waals surface area contributed by atoms with Gasteiger partial charge in [-0.3, -0.25) is 0 Å². The van der Waals surface area contributed by atoms with E-state index in [4.69, 9.17) is 0 Å². The lowest BCUT2D eigenvalue weighted by Crippen LogP contribution is -2.06. The van der Waals surface area contributed by atoms with E-state index in [9.17, 15) is 18.7 Å². The Bertz CT molecular complexity index is 402.